The Morgan fingerprint density at radius 3 is 2.62 bits per heavy atom. The molecule has 1 fully saturated rings. The first-order valence-corrected chi connectivity index (χ1v) is 11.5. The lowest BCUT2D eigenvalue weighted by Crippen LogP contribution is -2.54. The van der Waals surface area contributed by atoms with Gasteiger partial charge in [0.05, 0.1) is 6.04 Å². The largest absolute Gasteiger partial charge is 0.471 e. The normalized spacial score (nSPS) is 20.9. The van der Waals surface area contributed by atoms with Gasteiger partial charge in [0.2, 0.25) is 0 Å². The monoisotopic (exact) mass is 473 g/mol. The number of nitrogens with zero attached hydrogens (tertiary/aromatic N) is 1. The van der Waals surface area contributed by atoms with Crippen LogP contribution in [0.15, 0.2) is 42.2 Å². The van der Waals surface area contributed by atoms with Crippen molar-refractivity contribution in [2.75, 3.05) is 13.2 Å². The molecular weight excluding hydrogens is 442 g/mol. The van der Waals surface area contributed by atoms with Crippen molar-refractivity contribution < 1.29 is 32.2 Å². The third-order valence-electron chi connectivity index (χ3n) is 5.57. The number of carbonyl (C=O) groups excluding carboxylic acids is 2. The zero-order valence-electron chi connectivity index (χ0n) is 18.2. The molecule has 0 bridgehead atoms. The molecule has 1 aliphatic rings. The zero-order chi connectivity index (χ0) is 23.6. The molecule has 4 atom stereocenters. The molecule has 178 valence electrons. The van der Waals surface area contributed by atoms with Gasteiger partial charge in [-0.05, 0) is 37.2 Å². The van der Waals surface area contributed by atoms with Gasteiger partial charge in [0.1, 0.15) is 6.61 Å². The fourth-order valence-electron chi connectivity index (χ4n) is 3.93. The van der Waals surface area contributed by atoms with E-state index in [4.69, 9.17) is 9.47 Å². The minimum atomic E-state index is -5.01. The molecule has 2 rings (SSSR count). The van der Waals surface area contributed by atoms with Crippen LogP contribution in [0.25, 0.3) is 0 Å². The van der Waals surface area contributed by atoms with Crippen LogP contribution in [0.5, 0.6) is 0 Å². The molecule has 1 aromatic rings. The highest BCUT2D eigenvalue weighted by Gasteiger charge is 2.47. The van der Waals surface area contributed by atoms with Gasteiger partial charge >= 0.3 is 18.1 Å². The lowest BCUT2D eigenvalue weighted by atomic mass is 9.90. The quantitative estimate of drug-likeness (QED) is 0.400. The van der Waals surface area contributed by atoms with E-state index in [0.717, 1.165) is 16.9 Å². The lowest BCUT2D eigenvalue weighted by Gasteiger charge is -2.41. The first-order chi connectivity index (χ1) is 15.2. The van der Waals surface area contributed by atoms with Crippen LogP contribution >= 0.6 is 9.24 Å². The van der Waals surface area contributed by atoms with Gasteiger partial charge in [0.15, 0.2) is 0 Å². The van der Waals surface area contributed by atoms with Crippen LogP contribution in [0.3, 0.4) is 0 Å². The predicted octanol–water partition coefficient (Wildman–Crippen LogP) is 4.86. The van der Waals surface area contributed by atoms with E-state index < -0.39 is 30.1 Å². The summed E-state index contributed by atoms with van der Waals surface area (Å²) in [5.41, 5.74) is 0.819. The van der Waals surface area contributed by atoms with Crippen molar-refractivity contribution in [1.29, 1.82) is 0 Å². The molecule has 0 radical (unpaired) electrons. The minimum absolute atomic E-state index is 0.0322. The number of alkyl halides is 3. The van der Waals surface area contributed by atoms with Crippen LogP contribution in [0, 0.1) is 5.92 Å². The molecule has 1 aromatic carbocycles. The molecular formula is C23H31F3NO4P. The van der Waals surface area contributed by atoms with Gasteiger partial charge in [-0.2, -0.15) is 13.2 Å². The Morgan fingerprint density at radius 1 is 1.25 bits per heavy atom. The molecule has 9 heteroatoms. The number of amides is 1. The number of carbonyl (C=O) groups is 2. The SMILES string of the molecule is CC1CCCOCCC1N(C(=O)C(F)(F)F)[C@H](/C=C\P)CCC(=O)OCc1ccccc1. The minimum Gasteiger partial charge on any atom is -0.461 e. The van der Waals surface area contributed by atoms with Crippen LogP contribution in [-0.2, 0) is 25.7 Å². The number of benzene rings is 1. The van der Waals surface area contributed by atoms with Gasteiger partial charge in [-0.25, -0.2) is 0 Å². The number of hydrogen-bond donors (Lipinski definition) is 0. The lowest BCUT2D eigenvalue weighted by molar-refractivity contribution is -0.191. The third kappa shape index (κ3) is 8.21. The number of rotatable bonds is 8. The van der Waals surface area contributed by atoms with E-state index in [0.29, 0.717) is 19.4 Å². The van der Waals surface area contributed by atoms with E-state index >= 15 is 0 Å². The van der Waals surface area contributed by atoms with Crippen LogP contribution < -0.4 is 0 Å². The first-order valence-electron chi connectivity index (χ1n) is 10.8. The summed E-state index contributed by atoms with van der Waals surface area (Å²) < 4.78 is 51.3. The van der Waals surface area contributed by atoms with Crippen molar-refractivity contribution >= 4 is 21.1 Å². The van der Waals surface area contributed by atoms with E-state index in [9.17, 15) is 22.8 Å². The predicted molar refractivity (Wildman–Crippen MR) is 119 cm³/mol. The topological polar surface area (TPSA) is 55.8 Å². The Morgan fingerprint density at radius 2 is 1.97 bits per heavy atom. The molecule has 1 saturated heterocycles. The third-order valence-corrected chi connectivity index (χ3v) is 5.80. The Hall–Kier alpha value is -1.92. The number of esters is 1. The van der Waals surface area contributed by atoms with Crippen molar-refractivity contribution in [3.63, 3.8) is 0 Å². The van der Waals surface area contributed by atoms with Crippen LogP contribution in [0.4, 0.5) is 13.2 Å². The van der Waals surface area contributed by atoms with Crippen LogP contribution in [-0.4, -0.2) is 48.3 Å². The van der Waals surface area contributed by atoms with Gasteiger partial charge in [-0.1, -0.05) is 49.1 Å². The van der Waals surface area contributed by atoms with E-state index in [-0.39, 0.29) is 32.0 Å². The molecule has 3 unspecified atom stereocenters. The number of ether oxygens (including phenoxy) is 2. The highest BCUT2D eigenvalue weighted by molar-refractivity contribution is 7.20. The zero-order valence-corrected chi connectivity index (χ0v) is 19.4. The van der Waals surface area contributed by atoms with Crippen molar-refractivity contribution in [1.82, 2.24) is 4.90 Å². The second-order valence-corrected chi connectivity index (χ2v) is 8.32. The van der Waals surface area contributed by atoms with Crippen molar-refractivity contribution in [2.24, 2.45) is 5.92 Å². The maximum Gasteiger partial charge on any atom is 0.471 e. The van der Waals surface area contributed by atoms with Gasteiger partial charge in [-0.15, -0.1) is 9.24 Å². The molecule has 1 heterocycles. The molecule has 0 N–H and O–H groups in total. The molecule has 0 aromatic heterocycles. The van der Waals surface area contributed by atoms with Crippen LogP contribution in [0.1, 0.15) is 44.6 Å². The van der Waals surface area contributed by atoms with Gasteiger partial charge in [0, 0.05) is 25.7 Å². The summed E-state index contributed by atoms with van der Waals surface area (Å²) in [6.07, 6.45) is -1.88. The Bertz CT molecular complexity index is 757. The van der Waals surface area contributed by atoms with Gasteiger partial charge in [0.25, 0.3) is 0 Å². The molecule has 0 saturated carbocycles. The maximum absolute atomic E-state index is 13.5. The molecule has 1 amide bonds. The Balaban J connectivity index is 2.15. The highest BCUT2D eigenvalue weighted by atomic mass is 31.0. The molecule has 32 heavy (non-hydrogen) atoms. The molecule has 0 spiro atoms. The number of halogens is 3. The highest BCUT2D eigenvalue weighted by Crippen LogP contribution is 2.31. The molecule has 0 aliphatic carbocycles. The fraction of sp³-hybridized carbons (Fsp3) is 0.565. The van der Waals surface area contributed by atoms with Crippen molar-refractivity contribution in [2.45, 2.75) is 63.9 Å². The summed E-state index contributed by atoms with van der Waals surface area (Å²) in [4.78, 5) is 25.6. The number of hydrogen-bond acceptors (Lipinski definition) is 4. The summed E-state index contributed by atoms with van der Waals surface area (Å²) in [5.74, 6) is -1.01. The summed E-state index contributed by atoms with van der Waals surface area (Å²) >= 11 is 0. The smallest absolute Gasteiger partial charge is 0.461 e. The van der Waals surface area contributed by atoms with E-state index in [2.05, 4.69) is 9.24 Å². The van der Waals surface area contributed by atoms with E-state index in [1.54, 1.807) is 0 Å². The maximum atomic E-state index is 13.5. The summed E-state index contributed by atoms with van der Waals surface area (Å²) in [6, 6.07) is 7.59. The van der Waals surface area contributed by atoms with Crippen molar-refractivity contribution in [3.8, 4) is 0 Å². The van der Waals surface area contributed by atoms with Gasteiger partial charge in [-0.3, -0.25) is 9.59 Å². The van der Waals surface area contributed by atoms with Crippen molar-refractivity contribution in [3.05, 3.63) is 47.8 Å². The molecule has 1 aliphatic heterocycles. The summed E-state index contributed by atoms with van der Waals surface area (Å²) in [7, 11) is 2.32. The standard InChI is InChI=1S/C23H31F3NO4P/c1-17-6-5-13-30-14-11-20(17)27(22(29)23(24,25)26)19(12-15-32)9-10-21(28)31-16-18-7-3-2-4-8-18/h2-4,7-8,12,15,17,19-20H,5-6,9-11,13-14,16,32H2,1H3/b15-12-/t17?,19-,20?/m0/s1. The second kappa shape index (κ2) is 12.9. The van der Waals surface area contributed by atoms with Crippen LogP contribution in [0.2, 0.25) is 0 Å². The summed E-state index contributed by atoms with van der Waals surface area (Å²) in [5, 5.41) is 0. The first kappa shape index (κ1) is 26.3. The average Bonchev–Trinajstić information content (AvgIpc) is 2.75. The Kier molecular flexibility index (Phi) is 10.7. The second-order valence-electron chi connectivity index (χ2n) is 7.94. The van der Waals surface area contributed by atoms with E-state index in [1.165, 1.54) is 11.9 Å². The summed E-state index contributed by atoms with van der Waals surface area (Å²) in [6.45, 7) is 2.80. The molecule has 5 nitrogen and oxygen atoms in total. The average molecular weight is 473 g/mol. The van der Waals surface area contributed by atoms with Gasteiger partial charge < -0.3 is 14.4 Å². The fourth-order valence-corrected chi connectivity index (χ4v) is 4.19. The van der Waals surface area contributed by atoms with E-state index in [1.807, 2.05) is 37.3 Å². The Labute approximate surface area is 189 Å².